The van der Waals surface area contributed by atoms with Crippen LogP contribution in [0.25, 0.3) is 0 Å². The Hall–Kier alpha value is -2.60. The molecule has 0 aliphatic rings. The first-order chi connectivity index (χ1) is 11.1. The van der Waals surface area contributed by atoms with E-state index in [-0.39, 0.29) is 12.3 Å². The fraction of sp³-hybridized carbons (Fsp3) is 0.294. The average Bonchev–Trinajstić information content (AvgIpc) is 2.95. The van der Waals surface area contributed by atoms with Crippen LogP contribution in [0.2, 0.25) is 0 Å². The van der Waals surface area contributed by atoms with Crippen LogP contribution in [0.3, 0.4) is 0 Å². The Morgan fingerprint density at radius 3 is 2.87 bits per heavy atom. The van der Waals surface area contributed by atoms with Crippen molar-refractivity contribution in [3.8, 4) is 5.75 Å². The van der Waals surface area contributed by atoms with Crippen molar-refractivity contribution in [1.29, 1.82) is 0 Å². The van der Waals surface area contributed by atoms with Gasteiger partial charge in [0.2, 0.25) is 0 Å². The molecule has 1 unspecified atom stereocenters. The molecule has 2 rings (SSSR count). The fourth-order valence-electron chi connectivity index (χ4n) is 2.22. The smallest absolute Gasteiger partial charge is 0.359 e. The van der Waals surface area contributed by atoms with E-state index in [0.29, 0.717) is 23.5 Å². The van der Waals surface area contributed by atoms with Crippen molar-refractivity contribution in [2.24, 2.45) is 7.05 Å². The SMILES string of the molecule is C=CCOc1ccccc1C(O)c1cn(C)nc1C(=O)OCC. The molecule has 122 valence electrons. The second-order valence-electron chi connectivity index (χ2n) is 4.87. The molecule has 6 heteroatoms. The fourth-order valence-corrected chi connectivity index (χ4v) is 2.22. The van der Waals surface area contributed by atoms with Crippen molar-refractivity contribution < 1.29 is 19.4 Å². The summed E-state index contributed by atoms with van der Waals surface area (Å²) >= 11 is 0. The number of aromatic nitrogens is 2. The minimum atomic E-state index is -1.05. The zero-order valence-electron chi connectivity index (χ0n) is 13.2. The summed E-state index contributed by atoms with van der Waals surface area (Å²) in [5.41, 5.74) is 1.02. The molecular weight excluding hydrogens is 296 g/mol. The first-order valence-corrected chi connectivity index (χ1v) is 7.29. The summed E-state index contributed by atoms with van der Waals surface area (Å²) in [7, 11) is 1.68. The largest absolute Gasteiger partial charge is 0.489 e. The van der Waals surface area contributed by atoms with Crippen molar-refractivity contribution in [3.63, 3.8) is 0 Å². The number of benzene rings is 1. The minimum absolute atomic E-state index is 0.0976. The lowest BCUT2D eigenvalue weighted by Gasteiger charge is -2.15. The van der Waals surface area contributed by atoms with Gasteiger partial charge in [-0.15, -0.1) is 0 Å². The summed E-state index contributed by atoms with van der Waals surface area (Å²) in [5.74, 6) is -0.0368. The summed E-state index contributed by atoms with van der Waals surface area (Å²) < 4.78 is 12.0. The highest BCUT2D eigenvalue weighted by atomic mass is 16.5. The van der Waals surface area contributed by atoms with Crippen LogP contribution in [0, 0.1) is 0 Å². The lowest BCUT2D eigenvalue weighted by Crippen LogP contribution is -2.12. The molecule has 1 aromatic carbocycles. The van der Waals surface area contributed by atoms with Crippen LogP contribution < -0.4 is 4.74 Å². The number of hydrogen-bond donors (Lipinski definition) is 1. The summed E-state index contributed by atoms with van der Waals surface area (Å²) in [6, 6.07) is 7.09. The number of hydrogen-bond acceptors (Lipinski definition) is 5. The van der Waals surface area contributed by atoms with Crippen LogP contribution in [0.4, 0.5) is 0 Å². The van der Waals surface area contributed by atoms with Gasteiger partial charge < -0.3 is 14.6 Å². The number of aliphatic hydroxyl groups excluding tert-OH is 1. The number of carbonyl (C=O) groups excluding carboxylic acids is 1. The maximum Gasteiger partial charge on any atom is 0.359 e. The number of esters is 1. The average molecular weight is 316 g/mol. The number of carbonyl (C=O) groups is 1. The van der Waals surface area contributed by atoms with Gasteiger partial charge in [-0.1, -0.05) is 30.9 Å². The van der Waals surface area contributed by atoms with E-state index < -0.39 is 12.1 Å². The van der Waals surface area contributed by atoms with E-state index in [4.69, 9.17) is 9.47 Å². The molecule has 1 atom stereocenters. The molecule has 1 heterocycles. The Bertz CT molecular complexity index is 694. The van der Waals surface area contributed by atoms with Crippen molar-refractivity contribution in [3.05, 3.63) is 59.9 Å². The highest BCUT2D eigenvalue weighted by molar-refractivity contribution is 5.89. The lowest BCUT2D eigenvalue weighted by molar-refractivity contribution is 0.0513. The van der Waals surface area contributed by atoms with Gasteiger partial charge >= 0.3 is 5.97 Å². The third-order valence-electron chi connectivity index (χ3n) is 3.19. The molecular formula is C17H20N2O4. The molecule has 0 amide bonds. The Morgan fingerprint density at radius 1 is 1.43 bits per heavy atom. The van der Waals surface area contributed by atoms with Gasteiger partial charge in [-0.2, -0.15) is 5.10 Å². The van der Waals surface area contributed by atoms with E-state index in [1.807, 2.05) is 6.07 Å². The number of para-hydroxylation sites is 1. The Labute approximate surface area is 135 Å². The van der Waals surface area contributed by atoms with Gasteiger partial charge in [0.25, 0.3) is 0 Å². The first kappa shape index (κ1) is 16.8. The number of aryl methyl sites for hydroxylation is 1. The van der Waals surface area contributed by atoms with E-state index in [9.17, 15) is 9.90 Å². The van der Waals surface area contributed by atoms with Gasteiger partial charge in [0.05, 0.1) is 6.61 Å². The van der Waals surface area contributed by atoms with E-state index in [0.717, 1.165) is 0 Å². The standard InChI is InChI=1S/C17H20N2O4/c1-4-10-23-14-9-7-6-8-12(14)16(20)13-11-19(3)18-15(13)17(21)22-5-2/h4,6-9,11,16,20H,1,5,10H2,2-3H3. The lowest BCUT2D eigenvalue weighted by atomic mass is 10.0. The van der Waals surface area contributed by atoms with E-state index in [1.165, 1.54) is 4.68 Å². The third kappa shape index (κ3) is 3.78. The first-order valence-electron chi connectivity index (χ1n) is 7.29. The molecule has 1 N–H and O–H groups in total. The summed E-state index contributed by atoms with van der Waals surface area (Å²) in [6.07, 6.45) is 2.17. The van der Waals surface area contributed by atoms with Crippen LogP contribution >= 0.6 is 0 Å². The van der Waals surface area contributed by atoms with Crippen molar-refractivity contribution >= 4 is 5.97 Å². The van der Waals surface area contributed by atoms with Crippen molar-refractivity contribution in [1.82, 2.24) is 9.78 Å². The highest BCUT2D eigenvalue weighted by Crippen LogP contribution is 2.31. The molecule has 0 bridgehead atoms. The second kappa shape index (κ2) is 7.60. The maximum atomic E-state index is 12.0. The van der Waals surface area contributed by atoms with Crippen LogP contribution in [0.5, 0.6) is 5.75 Å². The molecule has 0 radical (unpaired) electrons. The van der Waals surface area contributed by atoms with Gasteiger partial charge in [-0.25, -0.2) is 4.79 Å². The van der Waals surface area contributed by atoms with Crippen LogP contribution in [0.1, 0.15) is 34.6 Å². The van der Waals surface area contributed by atoms with Crippen molar-refractivity contribution in [2.75, 3.05) is 13.2 Å². The molecule has 23 heavy (non-hydrogen) atoms. The zero-order valence-corrected chi connectivity index (χ0v) is 13.2. The van der Waals surface area contributed by atoms with Gasteiger partial charge in [-0.05, 0) is 13.0 Å². The molecule has 0 fully saturated rings. The Kier molecular flexibility index (Phi) is 5.54. The highest BCUT2D eigenvalue weighted by Gasteiger charge is 2.25. The third-order valence-corrected chi connectivity index (χ3v) is 3.19. The molecule has 0 aliphatic heterocycles. The van der Waals surface area contributed by atoms with Crippen LogP contribution in [0.15, 0.2) is 43.1 Å². The predicted octanol–water partition coefficient (Wildman–Crippen LogP) is 2.24. The summed E-state index contributed by atoms with van der Waals surface area (Å²) in [6.45, 7) is 5.89. The molecule has 2 aromatic rings. The number of rotatable bonds is 7. The van der Waals surface area contributed by atoms with Crippen LogP contribution in [-0.4, -0.2) is 34.1 Å². The Morgan fingerprint density at radius 2 is 2.17 bits per heavy atom. The molecule has 0 spiro atoms. The monoisotopic (exact) mass is 316 g/mol. The zero-order chi connectivity index (χ0) is 16.8. The molecule has 0 aliphatic carbocycles. The van der Waals surface area contributed by atoms with Gasteiger partial charge in [0, 0.05) is 24.4 Å². The number of ether oxygens (including phenoxy) is 2. The van der Waals surface area contributed by atoms with Crippen molar-refractivity contribution in [2.45, 2.75) is 13.0 Å². The molecule has 0 saturated heterocycles. The Balaban J connectivity index is 2.39. The van der Waals surface area contributed by atoms with E-state index >= 15 is 0 Å². The number of nitrogens with zero attached hydrogens (tertiary/aromatic N) is 2. The summed E-state index contributed by atoms with van der Waals surface area (Å²) in [4.78, 5) is 12.0. The molecule has 0 saturated carbocycles. The molecule has 1 aromatic heterocycles. The predicted molar refractivity (Wildman–Crippen MR) is 85.4 cm³/mol. The van der Waals surface area contributed by atoms with Gasteiger partial charge in [0.1, 0.15) is 18.5 Å². The van der Waals surface area contributed by atoms with E-state index in [2.05, 4.69) is 11.7 Å². The second-order valence-corrected chi connectivity index (χ2v) is 4.87. The topological polar surface area (TPSA) is 73.6 Å². The van der Waals surface area contributed by atoms with E-state index in [1.54, 1.807) is 44.4 Å². The number of aliphatic hydroxyl groups is 1. The van der Waals surface area contributed by atoms with Crippen LogP contribution in [-0.2, 0) is 11.8 Å². The maximum absolute atomic E-state index is 12.0. The summed E-state index contributed by atoms with van der Waals surface area (Å²) in [5, 5.41) is 14.8. The minimum Gasteiger partial charge on any atom is -0.489 e. The van der Waals surface area contributed by atoms with Gasteiger partial charge in [-0.3, -0.25) is 4.68 Å². The quantitative estimate of drug-likeness (QED) is 0.626. The molecule has 6 nitrogen and oxygen atoms in total. The van der Waals surface area contributed by atoms with Gasteiger partial charge in [0.15, 0.2) is 5.69 Å². The normalized spacial score (nSPS) is 11.8.